The molecule has 2 rings (SSSR count). The van der Waals surface area contributed by atoms with Gasteiger partial charge in [0.1, 0.15) is 0 Å². The number of hydrogen-bond acceptors (Lipinski definition) is 4. The molecule has 0 radical (unpaired) electrons. The predicted octanol–water partition coefficient (Wildman–Crippen LogP) is 1.51. The normalized spacial score (nSPS) is 21.7. The highest BCUT2D eigenvalue weighted by atomic mass is 16.5. The van der Waals surface area contributed by atoms with E-state index in [0.717, 1.165) is 25.7 Å². The highest BCUT2D eigenvalue weighted by Crippen LogP contribution is 2.29. The van der Waals surface area contributed by atoms with Crippen LogP contribution in [0.15, 0.2) is 0 Å². The number of ether oxygens (including phenoxy) is 1. The molecule has 2 fully saturated rings. The zero-order valence-electron chi connectivity index (χ0n) is 14.6. The third-order valence-corrected chi connectivity index (χ3v) is 5.35. The molecule has 1 saturated carbocycles. The summed E-state index contributed by atoms with van der Waals surface area (Å²) < 4.78 is 5.32. The molecule has 0 aromatic rings. The van der Waals surface area contributed by atoms with Gasteiger partial charge in [0.15, 0.2) is 0 Å². The fourth-order valence-electron chi connectivity index (χ4n) is 3.52. The number of amides is 2. The van der Waals surface area contributed by atoms with Gasteiger partial charge in [-0.2, -0.15) is 0 Å². The van der Waals surface area contributed by atoms with Crippen molar-refractivity contribution in [2.24, 2.45) is 5.41 Å². The standard InChI is InChI=1S/C18H32N2O4/c21-14-18(9-11-24-12-10-18)13-19-16(22)7-8-17(23)20-15-5-3-1-2-4-6-15/h15,21H,1-14H2,(H,19,22)(H,20,23). The highest BCUT2D eigenvalue weighted by Gasteiger charge is 2.32. The van der Waals surface area contributed by atoms with Crippen molar-refractivity contribution in [1.82, 2.24) is 10.6 Å². The lowest BCUT2D eigenvalue weighted by atomic mass is 9.81. The molecule has 0 aromatic heterocycles. The number of aliphatic hydroxyl groups is 1. The van der Waals surface area contributed by atoms with Crippen LogP contribution in [0.3, 0.4) is 0 Å². The van der Waals surface area contributed by atoms with Gasteiger partial charge in [-0.25, -0.2) is 0 Å². The van der Waals surface area contributed by atoms with E-state index in [1.54, 1.807) is 0 Å². The molecule has 2 amide bonds. The number of hydrogen-bond donors (Lipinski definition) is 3. The van der Waals surface area contributed by atoms with Crippen molar-refractivity contribution < 1.29 is 19.4 Å². The summed E-state index contributed by atoms with van der Waals surface area (Å²) >= 11 is 0. The molecule has 0 aromatic carbocycles. The van der Waals surface area contributed by atoms with Gasteiger partial charge in [0.2, 0.25) is 11.8 Å². The second kappa shape index (κ2) is 9.99. The van der Waals surface area contributed by atoms with E-state index in [0.29, 0.717) is 19.8 Å². The number of carbonyl (C=O) groups excluding carboxylic acids is 2. The van der Waals surface area contributed by atoms with E-state index in [1.165, 1.54) is 25.7 Å². The molecular weight excluding hydrogens is 308 g/mol. The Bertz CT molecular complexity index is 400. The largest absolute Gasteiger partial charge is 0.396 e. The van der Waals surface area contributed by atoms with Crippen LogP contribution in [0.4, 0.5) is 0 Å². The average molecular weight is 340 g/mol. The Balaban J connectivity index is 1.63. The maximum atomic E-state index is 12.0. The first kappa shape index (κ1) is 19.2. The van der Waals surface area contributed by atoms with E-state index >= 15 is 0 Å². The molecule has 6 nitrogen and oxygen atoms in total. The summed E-state index contributed by atoms with van der Waals surface area (Å²) in [5, 5.41) is 15.5. The van der Waals surface area contributed by atoms with Crippen molar-refractivity contribution >= 4 is 11.8 Å². The Morgan fingerprint density at radius 1 is 1.00 bits per heavy atom. The lowest BCUT2D eigenvalue weighted by Crippen LogP contribution is -2.44. The fourth-order valence-corrected chi connectivity index (χ4v) is 3.52. The van der Waals surface area contributed by atoms with Crippen LogP contribution in [0.5, 0.6) is 0 Å². The third-order valence-electron chi connectivity index (χ3n) is 5.35. The zero-order valence-corrected chi connectivity index (χ0v) is 14.6. The maximum absolute atomic E-state index is 12.0. The van der Waals surface area contributed by atoms with Crippen molar-refractivity contribution in [3.8, 4) is 0 Å². The topological polar surface area (TPSA) is 87.7 Å². The van der Waals surface area contributed by atoms with Gasteiger partial charge in [-0.1, -0.05) is 25.7 Å². The number of aliphatic hydroxyl groups excluding tert-OH is 1. The quantitative estimate of drug-likeness (QED) is 0.613. The van der Waals surface area contributed by atoms with Crippen LogP contribution in [0, 0.1) is 5.41 Å². The Kier molecular flexibility index (Phi) is 7.99. The molecular formula is C18H32N2O4. The van der Waals surface area contributed by atoms with Crippen LogP contribution >= 0.6 is 0 Å². The first-order chi connectivity index (χ1) is 11.6. The molecule has 0 unspecified atom stereocenters. The minimum absolute atomic E-state index is 0.0278. The van der Waals surface area contributed by atoms with Gasteiger partial charge in [-0.15, -0.1) is 0 Å². The van der Waals surface area contributed by atoms with Gasteiger partial charge >= 0.3 is 0 Å². The Morgan fingerprint density at radius 3 is 2.25 bits per heavy atom. The number of rotatable bonds is 7. The molecule has 0 spiro atoms. The molecule has 0 bridgehead atoms. The van der Waals surface area contributed by atoms with Crippen molar-refractivity contribution in [3.05, 3.63) is 0 Å². The van der Waals surface area contributed by atoms with Crippen LogP contribution in [0.2, 0.25) is 0 Å². The summed E-state index contributed by atoms with van der Waals surface area (Å²) in [6, 6.07) is 0.281. The molecule has 1 aliphatic carbocycles. The molecule has 138 valence electrons. The summed E-state index contributed by atoms with van der Waals surface area (Å²) in [5.74, 6) is -0.148. The summed E-state index contributed by atoms with van der Waals surface area (Å²) in [6.45, 7) is 1.76. The minimum Gasteiger partial charge on any atom is -0.396 e. The van der Waals surface area contributed by atoms with E-state index in [-0.39, 0.29) is 42.7 Å². The van der Waals surface area contributed by atoms with Crippen LogP contribution in [-0.2, 0) is 14.3 Å². The van der Waals surface area contributed by atoms with Crippen LogP contribution in [-0.4, -0.2) is 49.3 Å². The summed E-state index contributed by atoms with van der Waals surface area (Å²) in [6.07, 6.45) is 8.93. The van der Waals surface area contributed by atoms with Crippen LogP contribution in [0.1, 0.15) is 64.2 Å². The molecule has 1 saturated heterocycles. The second-order valence-electron chi connectivity index (χ2n) is 7.30. The van der Waals surface area contributed by atoms with Crippen molar-refractivity contribution in [2.75, 3.05) is 26.4 Å². The molecule has 6 heteroatoms. The lowest BCUT2D eigenvalue weighted by Gasteiger charge is -2.35. The first-order valence-electron chi connectivity index (χ1n) is 9.38. The Labute approximate surface area is 144 Å². The average Bonchev–Trinajstić information content (AvgIpc) is 2.87. The Morgan fingerprint density at radius 2 is 1.62 bits per heavy atom. The van der Waals surface area contributed by atoms with Gasteiger partial charge in [-0.05, 0) is 25.7 Å². The molecule has 24 heavy (non-hydrogen) atoms. The maximum Gasteiger partial charge on any atom is 0.220 e. The van der Waals surface area contributed by atoms with Gasteiger partial charge in [0.25, 0.3) is 0 Å². The SMILES string of the molecule is O=C(CCC(=O)NC1CCCCCC1)NCC1(CO)CCOCC1. The van der Waals surface area contributed by atoms with E-state index in [2.05, 4.69) is 10.6 Å². The predicted molar refractivity (Wildman–Crippen MR) is 91.4 cm³/mol. The summed E-state index contributed by atoms with van der Waals surface area (Å²) in [5.41, 5.74) is -0.267. The van der Waals surface area contributed by atoms with Gasteiger partial charge in [0.05, 0.1) is 6.61 Å². The van der Waals surface area contributed by atoms with Crippen LogP contribution in [0.25, 0.3) is 0 Å². The molecule has 2 aliphatic rings. The van der Waals surface area contributed by atoms with Crippen LogP contribution < -0.4 is 10.6 Å². The molecule has 3 N–H and O–H groups in total. The van der Waals surface area contributed by atoms with Crippen molar-refractivity contribution in [3.63, 3.8) is 0 Å². The van der Waals surface area contributed by atoms with E-state index in [9.17, 15) is 14.7 Å². The summed E-state index contributed by atoms with van der Waals surface area (Å²) in [7, 11) is 0. The van der Waals surface area contributed by atoms with E-state index < -0.39 is 0 Å². The van der Waals surface area contributed by atoms with Gasteiger partial charge in [-0.3, -0.25) is 9.59 Å². The van der Waals surface area contributed by atoms with E-state index in [1.807, 2.05) is 0 Å². The minimum atomic E-state index is -0.267. The highest BCUT2D eigenvalue weighted by molar-refractivity contribution is 5.83. The molecule has 1 heterocycles. The fraction of sp³-hybridized carbons (Fsp3) is 0.889. The third kappa shape index (κ3) is 6.40. The van der Waals surface area contributed by atoms with Gasteiger partial charge < -0.3 is 20.5 Å². The lowest BCUT2D eigenvalue weighted by molar-refractivity contribution is -0.127. The number of nitrogens with one attached hydrogen (secondary N) is 2. The zero-order chi connectivity index (χ0) is 17.3. The van der Waals surface area contributed by atoms with Crippen molar-refractivity contribution in [2.45, 2.75) is 70.3 Å². The first-order valence-corrected chi connectivity index (χ1v) is 9.38. The Hall–Kier alpha value is -1.14. The molecule has 0 atom stereocenters. The summed E-state index contributed by atoms with van der Waals surface area (Å²) in [4.78, 5) is 24.0. The van der Waals surface area contributed by atoms with E-state index in [4.69, 9.17) is 4.74 Å². The molecule has 1 aliphatic heterocycles. The number of carbonyl (C=O) groups is 2. The van der Waals surface area contributed by atoms with Crippen molar-refractivity contribution in [1.29, 1.82) is 0 Å². The second-order valence-corrected chi connectivity index (χ2v) is 7.30. The smallest absolute Gasteiger partial charge is 0.220 e. The monoisotopic (exact) mass is 340 g/mol. The van der Waals surface area contributed by atoms with Gasteiger partial charge in [0, 0.05) is 44.1 Å².